The van der Waals surface area contributed by atoms with Crippen molar-refractivity contribution in [1.82, 2.24) is 10.1 Å². The molecule has 0 aliphatic rings. The first-order chi connectivity index (χ1) is 9.47. The second-order valence-electron chi connectivity index (χ2n) is 4.85. The molecule has 1 heterocycles. The third kappa shape index (κ3) is 3.58. The summed E-state index contributed by atoms with van der Waals surface area (Å²) in [6.07, 6.45) is -0.612. The van der Waals surface area contributed by atoms with Crippen LogP contribution in [0.3, 0.4) is 0 Å². The highest BCUT2D eigenvalue weighted by atomic mass is 79.9. The van der Waals surface area contributed by atoms with Crippen LogP contribution in [0.1, 0.15) is 50.1 Å². The fourth-order valence-corrected chi connectivity index (χ4v) is 2.06. The van der Waals surface area contributed by atoms with Crippen LogP contribution in [0, 0.1) is 0 Å². The molecule has 1 N–H and O–H groups in total. The summed E-state index contributed by atoms with van der Waals surface area (Å²) >= 11 is 3.37. The zero-order valence-corrected chi connectivity index (χ0v) is 13.2. The predicted molar refractivity (Wildman–Crippen MR) is 77.5 cm³/mol. The Morgan fingerprint density at radius 2 is 2.10 bits per heavy atom. The summed E-state index contributed by atoms with van der Waals surface area (Å²) in [6.45, 7) is 5.87. The van der Waals surface area contributed by atoms with Crippen LogP contribution in [0.4, 0.5) is 0 Å². The summed E-state index contributed by atoms with van der Waals surface area (Å²) in [5.41, 5.74) is 0.715. The van der Waals surface area contributed by atoms with Gasteiger partial charge in [0.2, 0.25) is 11.7 Å². The molecule has 6 heteroatoms. The van der Waals surface area contributed by atoms with Crippen LogP contribution >= 0.6 is 15.9 Å². The van der Waals surface area contributed by atoms with Gasteiger partial charge in [-0.05, 0) is 25.1 Å². The molecule has 2 aromatic rings. The van der Waals surface area contributed by atoms with Crippen molar-refractivity contribution in [2.45, 2.75) is 39.4 Å². The van der Waals surface area contributed by atoms with Gasteiger partial charge in [-0.1, -0.05) is 34.9 Å². The second-order valence-corrected chi connectivity index (χ2v) is 5.77. The van der Waals surface area contributed by atoms with E-state index in [-0.39, 0.29) is 12.5 Å². The van der Waals surface area contributed by atoms with E-state index in [0.29, 0.717) is 23.0 Å². The van der Waals surface area contributed by atoms with Gasteiger partial charge in [-0.15, -0.1) is 0 Å². The molecule has 0 aliphatic heterocycles. The lowest BCUT2D eigenvalue weighted by molar-refractivity contribution is 0.189. The van der Waals surface area contributed by atoms with Crippen LogP contribution in [-0.4, -0.2) is 15.2 Å². The van der Waals surface area contributed by atoms with Gasteiger partial charge >= 0.3 is 0 Å². The Bertz CT molecular complexity index is 582. The monoisotopic (exact) mass is 340 g/mol. The van der Waals surface area contributed by atoms with Crippen molar-refractivity contribution < 1.29 is 14.4 Å². The molecule has 0 bridgehead atoms. The fraction of sp³-hybridized carbons (Fsp3) is 0.429. The average Bonchev–Trinajstić information content (AvgIpc) is 2.86. The van der Waals surface area contributed by atoms with Gasteiger partial charge in [0, 0.05) is 16.0 Å². The molecular weight excluding hydrogens is 324 g/mol. The van der Waals surface area contributed by atoms with Crippen LogP contribution in [0.25, 0.3) is 0 Å². The van der Waals surface area contributed by atoms with E-state index in [1.165, 1.54) is 0 Å². The average molecular weight is 341 g/mol. The predicted octanol–water partition coefficient (Wildman–Crippen LogP) is 3.59. The minimum atomic E-state index is -0.612. The van der Waals surface area contributed by atoms with E-state index in [4.69, 9.17) is 9.26 Å². The van der Waals surface area contributed by atoms with Crippen molar-refractivity contribution in [2.75, 3.05) is 0 Å². The Kier molecular flexibility index (Phi) is 4.77. The summed E-state index contributed by atoms with van der Waals surface area (Å²) < 4.78 is 11.7. The molecule has 1 aromatic carbocycles. The third-order valence-electron chi connectivity index (χ3n) is 2.76. The van der Waals surface area contributed by atoms with Crippen LogP contribution in [0.2, 0.25) is 0 Å². The molecule has 0 saturated heterocycles. The van der Waals surface area contributed by atoms with Gasteiger partial charge in [0.1, 0.15) is 5.75 Å². The lowest BCUT2D eigenvalue weighted by Crippen LogP contribution is -2.02. The number of nitrogens with zero attached hydrogens (tertiary/aromatic N) is 2. The molecule has 0 aliphatic carbocycles. The molecule has 0 unspecified atom stereocenters. The lowest BCUT2D eigenvalue weighted by atomic mass is 10.1. The smallest absolute Gasteiger partial charge is 0.229 e. The van der Waals surface area contributed by atoms with Crippen molar-refractivity contribution in [3.63, 3.8) is 0 Å². The van der Waals surface area contributed by atoms with Crippen LogP contribution in [0.5, 0.6) is 5.75 Å². The Morgan fingerprint density at radius 3 is 2.70 bits per heavy atom. The van der Waals surface area contributed by atoms with E-state index < -0.39 is 6.10 Å². The summed E-state index contributed by atoms with van der Waals surface area (Å²) in [4.78, 5) is 4.24. The summed E-state index contributed by atoms with van der Waals surface area (Å²) in [6, 6.07) is 5.49. The van der Waals surface area contributed by atoms with Gasteiger partial charge in [0.25, 0.3) is 0 Å². The molecular formula is C14H17BrN2O3. The van der Waals surface area contributed by atoms with Crippen LogP contribution in [0.15, 0.2) is 27.2 Å². The van der Waals surface area contributed by atoms with Gasteiger partial charge in [0.15, 0.2) is 6.61 Å². The summed E-state index contributed by atoms with van der Waals surface area (Å²) in [7, 11) is 0. The zero-order chi connectivity index (χ0) is 14.7. The van der Waals surface area contributed by atoms with E-state index in [1.54, 1.807) is 13.0 Å². The first kappa shape index (κ1) is 15.0. The Labute approximate surface area is 126 Å². The molecule has 108 valence electrons. The van der Waals surface area contributed by atoms with E-state index in [2.05, 4.69) is 26.1 Å². The number of rotatable bonds is 5. The topological polar surface area (TPSA) is 68.4 Å². The van der Waals surface area contributed by atoms with E-state index in [1.807, 2.05) is 26.0 Å². The highest BCUT2D eigenvalue weighted by molar-refractivity contribution is 9.10. The number of hydrogen-bond acceptors (Lipinski definition) is 5. The number of hydrogen-bond donors (Lipinski definition) is 1. The van der Waals surface area contributed by atoms with Crippen LogP contribution < -0.4 is 4.74 Å². The minimum absolute atomic E-state index is 0.192. The minimum Gasteiger partial charge on any atom is -0.485 e. The van der Waals surface area contributed by atoms with Gasteiger partial charge in [0.05, 0.1) is 6.10 Å². The van der Waals surface area contributed by atoms with E-state index in [9.17, 15) is 5.11 Å². The summed E-state index contributed by atoms with van der Waals surface area (Å²) in [5, 5.41) is 13.6. The van der Waals surface area contributed by atoms with Crippen molar-refractivity contribution in [1.29, 1.82) is 0 Å². The van der Waals surface area contributed by atoms with Crippen LogP contribution in [-0.2, 0) is 6.61 Å². The van der Waals surface area contributed by atoms with Gasteiger partial charge < -0.3 is 14.4 Å². The largest absolute Gasteiger partial charge is 0.485 e. The Hall–Kier alpha value is -1.40. The van der Waals surface area contributed by atoms with E-state index in [0.717, 1.165) is 4.47 Å². The first-order valence-electron chi connectivity index (χ1n) is 6.40. The third-order valence-corrected chi connectivity index (χ3v) is 3.25. The van der Waals surface area contributed by atoms with Gasteiger partial charge in [-0.3, -0.25) is 0 Å². The fourth-order valence-electron chi connectivity index (χ4n) is 1.68. The molecule has 0 fully saturated rings. The standard InChI is InChI=1S/C14H17BrN2O3/c1-8(2)14-16-13(17-20-14)7-19-12-5-4-10(15)6-11(12)9(3)18/h4-6,8-9,18H,7H2,1-3H3/t9-/m0/s1. The molecule has 0 spiro atoms. The number of aromatic nitrogens is 2. The Morgan fingerprint density at radius 1 is 1.35 bits per heavy atom. The second kappa shape index (κ2) is 6.37. The SMILES string of the molecule is CC(C)c1nc(COc2ccc(Br)cc2[C@H](C)O)no1. The number of ether oxygens (including phenoxy) is 1. The molecule has 20 heavy (non-hydrogen) atoms. The molecule has 5 nitrogen and oxygen atoms in total. The maximum atomic E-state index is 9.75. The van der Waals surface area contributed by atoms with Crippen molar-refractivity contribution >= 4 is 15.9 Å². The zero-order valence-electron chi connectivity index (χ0n) is 11.6. The maximum Gasteiger partial charge on any atom is 0.229 e. The lowest BCUT2D eigenvalue weighted by Gasteiger charge is -2.12. The Balaban J connectivity index is 2.10. The number of aliphatic hydroxyl groups is 1. The van der Waals surface area contributed by atoms with E-state index >= 15 is 0 Å². The normalized spacial score (nSPS) is 12.7. The molecule has 1 aromatic heterocycles. The molecule has 2 rings (SSSR count). The number of aliphatic hydroxyl groups excluding tert-OH is 1. The molecule has 0 saturated carbocycles. The van der Waals surface area contributed by atoms with Crippen molar-refractivity contribution in [2.24, 2.45) is 0 Å². The van der Waals surface area contributed by atoms with Gasteiger partial charge in [-0.2, -0.15) is 4.98 Å². The number of benzene rings is 1. The maximum absolute atomic E-state index is 9.75. The quantitative estimate of drug-likeness (QED) is 0.900. The van der Waals surface area contributed by atoms with Crippen molar-refractivity contribution in [3.05, 3.63) is 40.0 Å². The summed E-state index contributed by atoms with van der Waals surface area (Å²) in [5.74, 6) is 1.89. The molecule has 0 radical (unpaired) electrons. The van der Waals surface area contributed by atoms with Crippen molar-refractivity contribution in [3.8, 4) is 5.75 Å². The van der Waals surface area contributed by atoms with Gasteiger partial charge in [-0.25, -0.2) is 0 Å². The molecule has 1 atom stereocenters. The highest BCUT2D eigenvalue weighted by Crippen LogP contribution is 2.29. The highest BCUT2D eigenvalue weighted by Gasteiger charge is 2.13. The number of halogens is 1. The molecule has 0 amide bonds. The first-order valence-corrected chi connectivity index (χ1v) is 7.19.